The molecule has 0 saturated carbocycles. The topological polar surface area (TPSA) is 70.2 Å². The van der Waals surface area contributed by atoms with Gasteiger partial charge < -0.3 is 16.0 Å². The molecule has 0 aliphatic carbocycles. The number of nitrogens with one attached hydrogen (secondary N) is 1. The van der Waals surface area contributed by atoms with Gasteiger partial charge in [0, 0.05) is 43.9 Å². The first-order chi connectivity index (χ1) is 5.65. The fourth-order valence-electron chi connectivity index (χ4n) is 1.21. The largest absolute Gasteiger partial charge is 0.402 e. The molecular weight excluding hydrogens is 154 g/mol. The lowest BCUT2D eigenvalue weighted by Crippen LogP contribution is -2.37. The van der Waals surface area contributed by atoms with Crippen LogP contribution >= 0.6 is 0 Å². The number of hydrogen-bond acceptors (Lipinski definition) is 3. The summed E-state index contributed by atoms with van der Waals surface area (Å²) in [5.41, 5.74) is 7.14. The molecule has 1 aliphatic heterocycles. The molecule has 0 fully saturated rings. The van der Waals surface area contributed by atoms with Crippen molar-refractivity contribution in [2.24, 2.45) is 5.73 Å². The highest BCUT2D eigenvalue weighted by Gasteiger charge is 2.17. The number of hydrogen-bond donors (Lipinski definition) is 2. The minimum absolute atomic E-state index is 0.0434. The van der Waals surface area contributed by atoms with Gasteiger partial charge in [-0.25, -0.2) is 0 Å². The van der Waals surface area contributed by atoms with Crippen molar-refractivity contribution in [2.75, 3.05) is 13.1 Å². The van der Waals surface area contributed by atoms with E-state index >= 15 is 0 Å². The van der Waals surface area contributed by atoms with Gasteiger partial charge in [0.1, 0.15) is 0 Å². The lowest BCUT2D eigenvalue weighted by atomic mass is 10.1. The SMILES string of the molecule is CC(=O)N1CCC(N)=C(C=N)C1. The minimum atomic E-state index is 0.0434. The van der Waals surface area contributed by atoms with Crippen molar-refractivity contribution in [3.8, 4) is 0 Å². The van der Waals surface area contributed by atoms with Crippen molar-refractivity contribution >= 4 is 12.1 Å². The molecule has 0 saturated heterocycles. The molecule has 0 aromatic heterocycles. The van der Waals surface area contributed by atoms with Crippen LogP contribution in [-0.4, -0.2) is 30.1 Å². The molecule has 0 radical (unpaired) electrons. The van der Waals surface area contributed by atoms with Gasteiger partial charge in [-0.3, -0.25) is 4.79 Å². The predicted molar refractivity (Wildman–Crippen MR) is 46.9 cm³/mol. The fourth-order valence-corrected chi connectivity index (χ4v) is 1.21. The third kappa shape index (κ3) is 1.64. The quantitative estimate of drug-likeness (QED) is 0.544. The van der Waals surface area contributed by atoms with Crippen LogP contribution in [0.15, 0.2) is 11.3 Å². The summed E-state index contributed by atoms with van der Waals surface area (Å²) in [6, 6.07) is 0. The Morgan fingerprint density at radius 3 is 2.92 bits per heavy atom. The van der Waals surface area contributed by atoms with E-state index in [2.05, 4.69) is 0 Å². The molecule has 1 rings (SSSR count). The summed E-state index contributed by atoms with van der Waals surface area (Å²) in [6.45, 7) is 2.70. The van der Waals surface area contributed by atoms with E-state index in [1.807, 2.05) is 0 Å². The number of amides is 1. The molecular formula is C8H13N3O. The van der Waals surface area contributed by atoms with Crippen LogP contribution in [0.1, 0.15) is 13.3 Å². The average molecular weight is 167 g/mol. The molecule has 3 N–H and O–H groups in total. The van der Waals surface area contributed by atoms with E-state index in [4.69, 9.17) is 11.1 Å². The summed E-state index contributed by atoms with van der Waals surface area (Å²) in [7, 11) is 0. The van der Waals surface area contributed by atoms with E-state index in [1.54, 1.807) is 4.90 Å². The van der Waals surface area contributed by atoms with Crippen LogP contribution in [0.4, 0.5) is 0 Å². The third-order valence-corrected chi connectivity index (χ3v) is 2.04. The Morgan fingerprint density at radius 1 is 1.75 bits per heavy atom. The number of rotatable bonds is 1. The van der Waals surface area contributed by atoms with E-state index < -0.39 is 0 Å². The van der Waals surface area contributed by atoms with Crippen LogP contribution in [0, 0.1) is 5.41 Å². The van der Waals surface area contributed by atoms with Gasteiger partial charge in [0.05, 0.1) is 0 Å². The van der Waals surface area contributed by atoms with Crippen LogP contribution in [0.3, 0.4) is 0 Å². The van der Waals surface area contributed by atoms with Gasteiger partial charge in [0.2, 0.25) is 5.91 Å². The second-order valence-electron chi connectivity index (χ2n) is 2.89. The highest BCUT2D eigenvalue weighted by molar-refractivity contribution is 5.81. The first-order valence-electron chi connectivity index (χ1n) is 3.88. The Balaban J connectivity index is 2.74. The van der Waals surface area contributed by atoms with Crippen molar-refractivity contribution in [3.05, 3.63) is 11.3 Å². The highest BCUT2D eigenvalue weighted by Crippen LogP contribution is 2.11. The second-order valence-corrected chi connectivity index (χ2v) is 2.89. The molecule has 0 aromatic rings. The maximum absolute atomic E-state index is 11.0. The maximum Gasteiger partial charge on any atom is 0.219 e. The van der Waals surface area contributed by atoms with E-state index in [9.17, 15) is 4.79 Å². The van der Waals surface area contributed by atoms with Gasteiger partial charge in [0.25, 0.3) is 0 Å². The van der Waals surface area contributed by atoms with Gasteiger partial charge in [-0.2, -0.15) is 0 Å². The molecule has 0 spiro atoms. The zero-order valence-corrected chi connectivity index (χ0v) is 7.13. The first-order valence-corrected chi connectivity index (χ1v) is 3.88. The zero-order valence-electron chi connectivity index (χ0n) is 7.13. The second kappa shape index (κ2) is 3.38. The van der Waals surface area contributed by atoms with Crippen molar-refractivity contribution in [1.29, 1.82) is 5.41 Å². The van der Waals surface area contributed by atoms with E-state index in [1.165, 1.54) is 13.1 Å². The van der Waals surface area contributed by atoms with Crippen LogP contribution in [0.5, 0.6) is 0 Å². The summed E-state index contributed by atoms with van der Waals surface area (Å²) in [4.78, 5) is 12.6. The van der Waals surface area contributed by atoms with Crippen molar-refractivity contribution in [2.45, 2.75) is 13.3 Å². The number of carbonyl (C=O) groups is 1. The van der Waals surface area contributed by atoms with Gasteiger partial charge >= 0.3 is 0 Å². The van der Waals surface area contributed by atoms with Gasteiger partial charge in [-0.05, 0) is 0 Å². The van der Waals surface area contributed by atoms with E-state index in [0.717, 1.165) is 11.3 Å². The van der Waals surface area contributed by atoms with Gasteiger partial charge in [-0.1, -0.05) is 0 Å². The van der Waals surface area contributed by atoms with Gasteiger partial charge in [-0.15, -0.1) is 0 Å². The Hall–Kier alpha value is -1.32. The average Bonchev–Trinajstić information content (AvgIpc) is 2.05. The molecule has 1 aliphatic rings. The van der Waals surface area contributed by atoms with E-state index in [0.29, 0.717) is 19.5 Å². The molecule has 1 amide bonds. The molecule has 12 heavy (non-hydrogen) atoms. The maximum atomic E-state index is 11.0. The summed E-state index contributed by atoms with van der Waals surface area (Å²) in [5, 5.41) is 7.06. The predicted octanol–water partition coefficient (Wildman–Crippen LogP) is 0.101. The molecule has 66 valence electrons. The Labute approximate surface area is 71.5 Å². The summed E-state index contributed by atoms with van der Waals surface area (Å²) in [5.74, 6) is 0.0434. The normalized spacial score (nSPS) is 17.9. The molecule has 0 aromatic carbocycles. The molecule has 4 heteroatoms. The first kappa shape index (κ1) is 8.77. The van der Waals surface area contributed by atoms with Crippen LogP contribution in [0.2, 0.25) is 0 Å². The van der Waals surface area contributed by atoms with Crippen molar-refractivity contribution in [1.82, 2.24) is 4.90 Å². The van der Waals surface area contributed by atoms with Crippen molar-refractivity contribution < 1.29 is 4.79 Å². The highest BCUT2D eigenvalue weighted by atomic mass is 16.2. The fraction of sp³-hybridized carbons (Fsp3) is 0.500. The van der Waals surface area contributed by atoms with E-state index in [-0.39, 0.29) is 5.91 Å². The summed E-state index contributed by atoms with van der Waals surface area (Å²) < 4.78 is 0. The number of nitrogens with two attached hydrogens (primary N) is 1. The molecule has 4 nitrogen and oxygen atoms in total. The number of carbonyl (C=O) groups excluding carboxylic acids is 1. The van der Waals surface area contributed by atoms with Crippen LogP contribution < -0.4 is 5.73 Å². The van der Waals surface area contributed by atoms with Crippen molar-refractivity contribution in [3.63, 3.8) is 0 Å². The lowest BCUT2D eigenvalue weighted by Gasteiger charge is -2.26. The Morgan fingerprint density at radius 2 is 2.42 bits per heavy atom. The summed E-state index contributed by atoms with van der Waals surface area (Å²) >= 11 is 0. The third-order valence-electron chi connectivity index (χ3n) is 2.04. The molecule has 0 bridgehead atoms. The molecule has 0 unspecified atom stereocenters. The van der Waals surface area contributed by atoms with Crippen LogP contribution in [-0.2, 0) is 4.79 Å². The zero-order chi connectivity index (χ0) is 9.14. The smallest absolute Gasteiger partial charge is 0.219 e. The monoisotopic (exact) mass is 167 g/mol. The van der Waals surface area contributed by atoms with Gasteiger partial charge in [0.15, 0.2) is 0 Å². The minimum Gasteiger partial charge on any atom is -0.402 e. The molecule has 0 atom stereocenters. The molecule has 1 heterocycles. The standard InChI is InChI=1S/C8H13N3O/c1-6(12)11-3-2-8(10)7(4-9)5-11/h4,9H,2-3,5,10H2,1H3. The van der Waals surface area contributed by atoms with Crippen LogP contribution in [0.25, 0.3) is 0 Å². The Kier molecular flexibility index (Phi) is 2.47. The number of nitrogens with zero attached hydrogens (tertiary/aromatic N) is 1. The lowest BCUT2D eigenvalue weighted by molar-refractivity contribution is -0.128. The summed E-state index contributed by atoms with van der Waals surface area (Å²) in [6.07, 6.45) is 1.91. The Bertz CT molecular complexity index is 245.